The predicted molar refractivity (Wildman–Crippen MR) is 79.9 cm³/mol. The Bertz CT molecular complexity index is 442. The number of nitrogens with two attached hydrogens (primary N) is 1. The first-order chi connectivity index (χ1) is 8.70. The normalized spacial score (nSPS) is 17.8. The van der Waals surface area contributed by atoms with E-state index < -0.39 is 0 Å². The molecule has 0 atom stereocenters. The van der Waals surface area contributed by atoms with E-state index in [9.17, 15) is 0 Å². The average Bonchev–Trinajstić information content (AvgIpc) is 2.40. The summed E-state index contributed by atoms with van der Waals surface area (Å²) in [7, 11) is 0. The summed E-state index contributed by atoms with van der Waals surface area (Å²) in [6.45, 7) is 0. The first-order valence-corrected chi connectivity index (χ1v) is 7.37. The third-order valence-electron chi connectivity index (χ3n) is 3.22. The van der Waals surface area contributed by atoms with Gasteiger partial charge in [-0.05, 0) is 40.9 Å². The number of rotatable bonds is 2. The summed E-state index contributed by atoms with van der Waals surface area (Å²) in [6.07, 6.45) is 6.13. The van der Waals surface area contributed by atoms with Gasteiger partial charge in [-0.2, -0.15) is 0 Å². The quantitative estimate of drug-likeness (QED) is 0.376. The molecule has 0 spiro atoms. The van der Waals surface area contributed by atoms with Crippen LogP contribution < -0.4 is 11.3 Å². The van der Waals surface area contributed by atoms with Crippen LogP contribution in [0.3, 0.4) is 0 Å². The van der Waals surface area contributed by atoms with Crippen molar-refractivity contribution in [3.8, 4) is 0 Å². The Morgan fingerprint density at radius 2 is 2.06 bits per heavy atom. The van der Waals surface area contributed by atoms with Crippen molar-refractivity contribution in [3.63, 3.8) is 0 Å². The maximum absolute atomic E-state index is 6.09. The summed E-state index contributed by atoms with van der Waals surface area (Å²) in [4.78, 5) is 4.70. The smallest absolute Gasteiger partial charge is 0.142 e. The van der Waals surface area contributed by atoms with Crippen LogP contribution in [-0.4, -0.2) is 11.9 Å². The molecule has 1 aliphatic rings. The van der Waals surface area contributed by atoms with E-state index >= 15 is 0 Å². The van der Waals surface area contributed by atoms with E-state index in [0.717, 1.165) is 28.7 Å². The molecular formula is C13H17BrClN3. The zero-order valence-corrected chi connectivity index (χ0v) is 12.5. The van der Waals surface area contributed by atoms with E-state index in [0.29, 0.717) is 11.1 Å². The van der Waals surface area contributed by atoms with E-state index in [1.807, 2.05) is 18.2 Å². The molecule has 2 rings (SSSR count). The molecule has 0 radical (unpaired) electrons. The average molecular weight is 331 g/mol. The van der Waals surface area contributed by atoms with Crippen molar-refractivity contribution in [2.75, 3.05) is 0 Å². The molecule has 0 bridgehead atoms. The SMILES string of the molecule is NNC(=NC1CCCCC1)c1ccc(Br)c(Cl)c1. The lowest BCUT2D eigenvalue weighted by molar-refractivity contribution is 0.442. The highest BCUT2D eigenvalue weighted by molar-refractivity contribution is 9.10. The molecule has 1 aromatic carbocycles. The van der Waals surface area contributed by atoms with Gasteiger partial charge in [-0.25, -0.2) is 5.84 Å². The molecule has 98 valence electrons. The number of nitrogens with zero attached hydrogens (tertiary/aromatic N) is 1. The highest BCUT2D eigenvalue weighted by Gasteiger charge is 2.14. The van der Waals surface area contributed by atoms with Crippen molar-refractivity contribution in [1.82, 2.24) is 5.43 Å². The molecule has 0 amide bonds. The summed E-state index contributed by atoms with van der Waals surface area (Å²) in [5.41, 5.74) is 3.62. The van der Waals surface area contributed by atoms with Gasteiger partial charge in [-0.3, -0.25) is 4.99 Å². The Balaban J connectivity index is 2.20. The van der Waals surface area contributed by atoms with E-state index in [4.69, 9.17) is 22.4 Å². The van der Waals surface area contributed by atoms with Crippen LogP contribution >= 0.6 is 27.5 Å². The summed E-state index contributed by atoms with van der Waals surface area (Å²) < 4.78 is 0.877. The molecule has 1 saturated carbocycles. The lowest BCUT2D eigenvalue weighted by atomic mass is 9.96. The topological polar surface area (TPSA) is 50.4 Å². The second-order valence-electron chi connectivity index (χ2n) is 4.54. The van der Waals surface area contributed by atoms with Crippen molar-refractivity contribution in [1.29, 1.82) is 0 Å². The molecule has 0 heterocycles. The number of hydrogen-bond donors (Lipinski definition) is 2. The third kappa shape index (κ3) is 3.46. The standard InChI is InChI=1S/C13H17BrClN3/c14-11-7-6-9(8-12(11)15)13(18-16)17-10-4-2-1-3-5-10/h6-8,10H,1-5,16H2,(H,17,18). The van der Waals surface area contributed by atoms with Crippen LogP contribution in [0.1, 0.15) is 37.7 Å². The molecule has 3 N–H and O–H groups in total. The molecule has 3 nitrogen and oxygen atoms in total. The van der Waals surface area contributed by atoms with Crippen molar-refractivity contribution in [2.24, 2.45) is 10.8 Å². The van der Waals surface area contributed by atoms with Crippen LogP contribution in [0.25, 0.3) is 0 Å². The molecule has 0 aliphatic heterocycles. The van der Waals surface area contributed by atoms with Gasteiger partial charge in [0.2, 0.25) is 0 Å². The zero-order chi connectivity index (χ0) is 13.0. The van der Waals surface area contributed by atoms with Crippen LogP contribution in [0.15, 0.2) is 27.7 Å². The van der Waals surface area contributed by atoms with Crippen LogP contribution in [0.2, 0.25) is 5.02 Å². The Labute approximate surface area is 121 Å². The highest BCUT2D eigenvalue weighted by Crippen LogP contribution is 2.24. The number of amidine groups is 1. The number of hydrazine groups is 1. The van der Waals surface area contributed by atoms with Gasteiger partial charge >= 0.3 is 0 Å². The number of nitrogens with one attached hydrogen (secondary N) is 1. The van der Waals surface area contributed by atoms with Crippen LogP contribution in [-0.2, 0) is 0 Å². The lowest BCUT2D eigenvalue weighted by Crippen LogP contribution is -2.32. The van der Waals surface area contributed by atoms with Gasteiger partial charge in [0.1, 0.15) is 5.84 Å². The first kappa shape index (κ1) is 13.8. The molecule has 1 aliphatic carbocycles. The van der Waals surface area contributed by atoms with Crippen LogP contribution in [0.4, 0.5) is 0 Å². The Kier molecular flexibility index (Phi) is 5.03. The van der Waals surface area contributed by atoms with Gasteiger partial charge in [-0.1, -0.05) is 36.9 Å². The van der Waals surface area contributed by atoms with Crippen molar-refractivity contribution < 1.29 is 0 Å². The fourth-order valence-electron chi connectivity index (χ4n) is 2.23. The van der Waals surface area contributed by atoms with Crippen molar-refractivity contribution in [3.05, 3.63) is 33.3 Å². The molecule has 5 heteroatoms. The van der Waals surface area contributed by atoms with Gasteiger partial charge in [0.05, 0.1) is 11.1 Å². The van der Waals surface area contributed by atoms with Crippen LogP contribution in [0.5, 0.6) is 0 Å². The number of halogens is 2. The molecule has 1 fully saturated rings. The van der Waals surface area contributed by atoms with E-state index in [-0.39, 0.29) is 0 Å². The van der Waals surface area contributed by atoms with Gasteiger partial charge in [0, 0.05) is 10.0 Å². The Hall–Kier alpha value is -0.580. The largest absolute Gasteiger partial charge is 0.308 e. The second kappa shape index (κ2) is 6.55. The summed E-state index contributed by atoms with van der Waals surface area (Å²) in [6, 6.07) is 6.11. The molecule has 1 aromatic rings. The highest BCUT2D eigenvalue weighted by atomic mass is 79.9. The maximum atomic E-state index is 6.09. The number of aliphatic imine (C=N–C) groups is 1. The Morgan fingerprint density at radius 1 is 1.33 bits per heavy atom. The van der Waals surface area contributed by atoms with E-state index in [2.05, 4.69) is 21.4 Å². The fraction of sp³-hybridized carbons (Fsp3) is 0.462. The monoisotopic (exact) mass is 329 g/mol. The molecule has 18 heavy (non-hydrogen) atoms. The van der Waals surface area contributed by atoms with Gasteiger partial charge in [0.15, 0.2) is 0 Å². The summed E-state index contributed by atoms with van der Waals surface area (Å²) in [5, 5.41) is 0.666. The van der Waals surface area contributed by atoms with Gasteiger partial charge in [0.25, 0.3) is 0 Å². The van der Waals surface area contributed by atoms with Gasteiger partial charge < -0.3 is 5.43 Å². The van der Waals surface area contributed by atoms with E-state index in [1.54, 1.807) is 0 Å². The predicted octanol–water partition coefficient (Wildman–Crippen LogP) is 3.65. The molecular weight excluding hydrogens is 314 g/mol. The third-order valence-corrected chi connectivity index (χ3v) is 4.45. The minimum atomic E-state index is 0.382. The summed E-state index contributed by atoms with van der Waals surface area (Å²) >= 11 is 9.46. The van der Waals surface area contributed by atoms with E-state index in [1.165, 1.54) is 19.3 Å². The molecule has 0 saturated heterocycles. The molecule has 0 aromatic heterocycles. The van der Waals surface area contributed by atoms with Gasteiger partial charge in [-0.15, -0.1) is 0 Å². The maximum Gasteiger partial charge on any atom is 0.142 e. The minimum Gasteiger partial charge on any atom is -0.308 e. The summed E-state index contributed by atoms with van der Waals surface area (Å²) in [5.74, 6) is 6.29. The Morgan fingerprint density at radius 3 is 2.67 bits per heavy atom. The minimum absolute atomic E-state index is 0.382. The number of hydrogen-bond acceptors (Lipinski definition) is 2. The lowest BCUT2D eigenvalue weighted by Gasteiger charge is -2.19. The molecule has 0 unspecified atom stereocenters. The second-order valence-corrected chi connectivity index (χ2v) is 5.80. The van der Waals surface area contributed by atoms with Crippen molar-refractivity contribution in [2.45, 2.75) is 38.1 Å². The van der Waals surface area contributed by atoms with Crippen LogP contribution in [0, 0.1) is 0 Å². The fourth-order valence-corrected chi connectivity index (χ4v) is 2.66. The first-order valence-electron chi connectivity index (χ1n) is 6.20. The zero-order valence-electron chi connectivity index (χ0n) is 10.1. The van der Waals surface area contributed by atoms with Crippen molar-refractivity contribution >= 4 is 33.4 Å². The number of benzene rings is 1.